The highest BCUT2D eigenvalue weighted by Gasteiger charge is 2.09. The van der Waals surface area contributed by atoms with Crippen molar-refractivity contribution in [1.82, 2.24) is 15.0 Å². The van der Waals surface area contributed by atoms with Gasteiger partial charge in [-0.2, -0.15) is 15.0 Å². The molecule has 1 aromatic heterocycles. The first-order valence-corrected chi connectivity index (χ1v) is 7.31. The normalized spacial score (nSPS) is 10.2. The second kappa shape index (κ2) is 7.44. The van der Waals surface area contributed by atoms with Gasteiger partial charge in [-0.05, 0) is 38.5 Å². The first-order valence-electron chi connectivity index (χ1n) is 7.31. The first kappa shape index (κ1) is 15.8. The van der Waals surface area contributed by atoms with Crippen LogP contribution in [0.3, 0.4) is 0 Å². The van der Waals surface area contributed by atoms with E-state index >= 15 is 0 Å². The van der Waals surface area contributed by atoms with Crippen molar-refractivity contribution in [1.29, 1.82) is 0 Å². The highest BCUT2D eigenvalue weighted by atomic mass is 16.5. The lowest BCUT2D eigenvalue weighted by Crippen LogP contribution is -2.11. The molecular formula is C15H22N6O. The Kier molecular flexibility index (Phi) is 5.35. The maximum Gasteiger partial charge on any atom is 0.233 e. The van der Waals surface area contributed by atoms with Crippen molar-refractivity contribution in [2.75, 3.05) is 36.1 Å². The average molecular weight is 302 g/mol. The number of benzene rings is 1. The number of hydrogen-bond donors (Lipinski definition) is 3. The third-order valence-electron chi connectivity index (χ3n) is 2.91. The Morgan fingerprint density at radius 3 is 2.09 bits per heavy atom. The SMILES string of the molecule is CCNc1nc(NCC)nc(Nc2cc(C)ccc2OC)n1. The molecule has 7 heteroatoms. The van der Waals surface area contributed by atoms with Gasteiger partial charge in [-0.15, -0.1) is 0 Å². The predicted octanol–water partition coefficient (Wildman–Crippen LogP) is 2.80. The number of ether oxygens (including phenoxy) is 1. The van der Waals surface area contributed by atoms with Gasteiger partial charge >= 0.3 is 0 Å². The van der Waals surface area contributed by atoms with Crippen molar-refractivity contribution in [2.45, 2.75) is 20.8 Å². The highest BCUT2D eigenvalue weighted by Crippen LogP contribution is 2.27. The lowest BCUT2D eigenvalue weighted by atomic mass is 10.2. The standard InChI is InChI=1S/C15H22N6O/c1-5-16-13-19-14(17-6-2)21-15(20-13)18-11-9-10(3)7-8-12(11)22-4/h7-9H,5-6H2,1-4H3,(H3,16,17,18,19,20,21). The molecule has 0 spiro atoms. The number of nitrogens with one attached hydrogen (secondary N) is 3. The molecule has 0 saturated heterocycles. The average Bonchev–Trinajstić information content (AvgIpc) is 2.48. The summed E-state index contributed by atoms with van der Waals surface area (Å²) in [6.45, 7) is 7.48. The van der Waals surface area contributed by atoms with E-state index in [0.29, 0.717) is 17.8 Å². The summed E-state index contributed by atoms with van der Waals surface area (Å²) in [6.07, 6.45) is 0. The Hall–Kier alpha value is -2.57. The smallest absolute Gasteiger partial charge is 0.233 e. The molecule has 0 aliphatic heterocycles. The second-order valence-corrected chi connectivity index (χ2v) is 4.70. The van der Waals surface area contributed by atoms with Gasteiger partial charge in [0.2, 0.25) is 17.8 Å². The van der Waals surface area contributed by atoms with E-state index in [1.165, 1.54) is 0 Å². The summed E-state index contributed by atoms with van der Waals surface area (Å²) in [5.41, 5.74) is 1.94. The zero-order valence-corrected chi connectivity index (χ0v) is 13.4. The molecule has 1 heterocycles. The third kappa shape index (κ3) is 3.97. The zero-order chi connectivity index (χ0) is 15.9. The lowest BCUT2D eigenvalue weighted by Gasteiger charge is -2.12. The summed E-state index contributed by atoms with van der Waals surface area (Å²) in [7, 11) is 1.64. The molecule has 0 atom stereocenters. The molecule has 1 aromatic carbocycles. The van der Waals surface area contributed by atoms with E-state index in [1.807, 2.05) is 39.0 Å². The predicted molar refractivity (Wildman–Crippen MR) is 89.2 cm³/mol. The molecule has 0 aliphatic rings. The Morgan fingerprint density at radius 1 is 0.955 bits per heavy atom. The molecule has 0 saturated carbocycles. The largest absolute Gasteiger partial charge is 0.495 e. The molecule has 2 rings (SSSR count). The second-order valence-electron chi connectivity index (χ2n) is 4.70. The van der Waals surface area contributed by atoms with Crippen molar-refractivity contribution < 1.29 is 4.74 Å². The van der Waals surface area contributed by atoms with E-state index in [9.17, 15) is 0 Å². The van der Waals surface area contributed by atoms with Crippen molar-refractivity contribution in [3.05, 3.63) is 23.8 Å². The topological polar surface area (TPSA) is 84.0 Å². The van der Waals surface area contributed by atoms with E-state index in [4.69, 9.17) is 4.74 Å². The molecule has 0 bridgehead atoms. The van der Waals surface area contributed by atoms with Crippen LogP contribution in [0.4, 0.5) is 23.5 Å². The maximum atomic E-state index is 5.36. The minimum atomic E-state index is 0.464. The molecule has 22 heavy (non-hydrogen) atoms. The monoisotopic (exact) mass is 302 g/mol. The Morgan fingerprint density at radius 2 is 1.55 bits per heavy atom. The number of nitrogens with zero attached hydrogens (tertiary/aromatic N) is 3. The van der Waals surface area contributed by atoms with Gasteiger partial charge in [-0.3, -0.25) is 0 Å². The molecule has 0 unspecified atom stereocenters. The van der Waals surface area contributed by atoms with E-state index < -0.39 is 0 Å². The van der Waals surface area contributed by atoms with Gasteiger partial charge in [0, 0.05) is 13.1 Å². The van der Waals surface area contributed by atoms with Crippen LogP contribution >= 0.6 is 0 Å². The number of hydrogen-bond acceptors (Lipinski definition) is 7. The van der Waals surface area contributed by atoms with Crippen LogP contribution in [0.25, 0.3) is 0 Å². The number of aromatic nitrogens is 3. The molecule has 0 radical (unpaired) electrons. The molecule has 3 N–H and O–H groups in total. The third-order valence-corrected chi connectivity index (χ3v) is 2.91. The fraction of sp³-hybridized carbons (Fsp3) is 0.400. The number of anilines is 4. The number of aryl methyl sites for hydroxylation is 1. The lowest BCUT2D eigenvalue weighted by molar-refractivity contribution is 0.416. The van der Waals surface area contributed by atoms with Gasteiger partial charge in [0.15, 0.2) is 0 Å². The summed E-state index contributed by atoms with van der Waals surface area (Å²) >= 11 is 0. The van der Waals surface area contributed by atoms with Gasteiger partial charge in [-0.1, -0.05) is 6.07 Å². The van der Waals surface area contributed by atoms with Crippen LogP contribution in [-0.2, 0) is 0 Å². The summed E-state index contributed by atoms with van der Waals surface area (Å²) in [4.78, 5) is 13.0. The van der Waals surface area contributed by atoms with E-state index in [1.54, 1.807) is 7.11 Å². The molecular weight excluding hydrogens is 280 g/mol. The van der Waals surface area contributed by atoms with Crippen molar-refractivity contribution in [3.8, 4) is 5.75 Å². The summed E-state index contributed by atoms with van der Waals surface area (Å²) in [5, 5.41) is 9.39. The Balaban J connectivity index is 2.33. The van der Waals surface area contributed by atoms with Crippen LogP contribution in [0.1, 0.15) is 19.4 Å². The quantitative estimate of drug-likeness (QED) is 0.725. The molecule has 118 valence electrons. The molecule has 0 amide bonds. The van der Waals surface area contributed by atoms with Crippen molar-refractivity contribution >= 4 is 23.5 Å². The summed E-state index contributed by atoms with van der Waals surface area (Å²) in [5.74, 6) is 2.26. The van der Waals surface area contributed by atoms with Crippen LogP contribution in [0.2, 0.25) is 0 Å². The summed E-state index contributed by atoms with van der Waals surface area (Å²) in [6, 6.07) is 5.89. The van der Waals surface area contributed by atoms with Crippen molar-refractivity contribution in [3.63, 3.8) is 0 Å². The number of rotatable bonds is 7. The fourth-order valence-corrected chi connectivity index (χ4v) is 1.95. The minimum absolute atomic E-state index is 0.464. The van der Waals surface area contributed by atoms with E-state index in [2.05, 4.69) is 30.9 Å². The van der Waals surface area contributed by atoms with Gasteiger partial charge in [0.05, 0.1) is 12.8 Å². The molecule has 0 fully saturated rings. The Labute approximate surface area is 130 Å². The summed E-state index contributed by atoms with van der Waals surface area (Å²) < 4.78 is 5.36. The van der Waals surface area contributed by atoms with Crippen molar-refractivity contribution in [2.24, 2.45) is 0 Å². The Bertz CT molecular complexity index is 607. The maximum absolute atomic E-state index is 5.36. The van der Waals surface area contributed by atoms with Crippen LogP contribution in [0, 0.1) is 6.92 Å². The van der Waals surface area contributed by atoms with Crippen LogP contribution in [0.5, 0.6) is 5.75 Å². The molecule has 2 aromatic rings. The van der Waals surface area contributed by atoms with Gasteiger partial charge in [0.1, 0.15) is 5.75 Å². The van der Waals surface area contributed by atoms with E-state index in [-0.39, 0.29) is 0 Å². The van der Waals surface area contributed by atoms with Gasteiger partial charge < -0.3 is 20.7 Å². The minimum Gasteiger partial charge on any atom is -0.495 e. The molecule has 7 nitrogen and oxygen atoms in total. The van der Waals surface area contributed by atoms with Crippen LogP contribution in [0.15, 0.2) is 18.2 Å². The molecule has 0 aliphatic carbocycles. The van der Waals surface area contributed by atoms with E-state index in [0.717, 1.165) is 30.1 Å². The number of methoxy groups -OCH3 is 1. The first-order chi connectivity index (χ1) is 10.7. The van der Waals surface area contributed by atoms with Gasteiger partial charge in [-0.25, -0.2) is 0 Å². The van der Waals surface area contributed by atoms with Crippen LogP contribution < -0.4 is 20.7 Å². The van der Waals surface area contributed by atoms with Crippen LogP contribution in [-0.4, -0.2) is 35.2 Å². The fourth-order valence-electron chi connectivity index (χ4n) is 1.95. The van der Waals surface area contributed by atoms with Gasteiger partial charge in [0.25, 0.3) is 0 Å². The highest BCUT2D eigenvalue weighted by molar-refractivity contribution is 5.64. The zero-order valence-electron chi connectivity index (χ0n) is 13.4.